The van der Waals surface area contributed by atoms with Crippen LogP contribution in [0.2, 0.25) is 0 Å². The van der Waals surface area contributed by atoms with Gasteiger partial charge >= 0.3 is 0 Å². The van der Waals surface area contributed by atoms with Crippen molar-refractivity contribution in [2.75, 3.05) is 19.0 Å². The standard InChI is InChI=1S/C29H27N5O4S5/c1-37-21-13-17(11-12-20(21)38-18-7-3-2-4-8-18)14-23-26(36)34(29(39)42-23)15-24(35)31-27-33-32-25(43-27)16-40-28-30-19-9-5-6-10-22(19)41-28/h5-6,9-14,18H,2-4,7-8,15-16H2,1H3,(H,31,33,35)/b23-14-. The predicted octanol–water partition coefficient (Wildman–Crippen LogP) is 7.00. The van der Waals surface area contributed by atoms with Crippen LogP contribution in [0, 0.1) is 0 Å². The molecule has 1 aliphatic heterocycles. The SMILES string of the molecule is COc1cc(/C=C2\SC(=S)N(CC(=O)Nc3nnc(CSc4nc5ccccc5s4)s3)C2=O)ccc1OC1CCCCC1. The third-order valence-corrected chi connectivity index (χ3v) is 11.4. The minimum atomic E-state index is -0.398. The van der Waals surface area contributed by atoms with Crippen LogP contribution in [-0.2, 0) is 15.3 Å². The Balaban J connectivity index is 1.03. The number of carbonyl (C=O) groups excluding carboxylic acids is 2. The Labute approximate surface area is 270 Å². The number of ether oxygens (including phenoxy) is 2. The lowest BCUT2D eigenvalue weighted by Gasteiger charge is -2.24. The molecule has 2 aliphatic rings. The molecule has 222 valence electrons. The second-order valence-electron chi connectivity index (χ2n) is 9.84. The van der Waals surface area contributed by atoms with Crippen LogP contribution in [0.4, 0.5) is 5.13 Å². The van der Waals surface area contributed by atoms with E-state index < -0.39 is 5.91 Å². The number of anilines is 1. The first-order chi connectivity index (χ1) is 20.9. The number of rotatable bonds is 10. The number of thiocarbonyl (C=S) groups is 1. The van der Waals surface area contributed by atoms with E-state index in [2.05, 4.69) is 20.5 Å². The maximum absolute atomic E-state index is 13.2. The molecule has 14 heteroatoms. The number of hydrogen-bond acceptors (Lipinski definition) is 12. The van der Waals surface area contributed by atoms with Crippen LogP contribution >= 0.6 is 58.4 Å². The molecule has 2 amide bonds. The van der Waals surface area contributed by atoms with Gasteiger partial charge in [-0.3, -0.25) is 19.8 Å². The summed E-state index contributed by atoms with van der Waals surface area (Å²) in [7, 11) is 1.60. The van der Waals surface area contributed by atoms with Gasteiger partial charge in [0.25, 0.3) is 5.91 Å². The summed E-state index contributed by atoms with van der Waals surface area (Å²) >= 11 is 11.1. The van der Waals surface area contributed by atoms with E-state index in [4.69, 9.17) is 21.7 Å². The van der Waals surface area contributed by atoms with E-state index in [1.807, 2.05) is 42.5 Å². The van der Waals surface area contributed by atoms with Gasteiger partial charge in [-0.05, 0) is 61.6 Å². The molecule has 0 bridgehead atoms. The maximum atomic E-state index is 13.2. The number of hydrogen-bond donors (Lipinski definition) is 1. The van der Waals surface area contributed by atoms with Crippen LogP contribution in [0.3, 0.4) is 0 Å². The monoisotopic (exact) mass is 669 g/mol. The average molecular weight is 670 g/mol. The van der Waals surface area contributed by atoms with Crippen molar-refractivity contribution in [1.29, 1.82) is 0 Å². The van der Waals surface area contributed by atoms with E-state index in [-0.39, 0.29) is 18.6 Å². The van der Waals surface area contributed by atoms with Crippen molar-refractivity contribution < 1.29 is 19.1 Å². The Hall–Kier alpha value is -3.04. The van der Waals surface area contributed by atoms with E-state index >= 15 is 0 Å². The zero-order valence-electron chi connectivity index (χ0n) is 23.1. The van der Waals surface area contributed by atoms with Crippen LogP contribution in [0.25, 0.3) is 16.3 Å². The molecule has 43 heavy (non-hydrogen) atoms. The molecular weight excluding hydrogens is 643 g/mol. The number of nitrogens with zero attached hydrogens (tertiary/aromatic N) is 4. The highest BCUT2D eigenvalue weighted by Gasteiger charge is 2.33. The summed E-state index contributed by atoms with van der Waals surface area (Å²) < 4.78 is 14.2. The minimum Gasteiger partial charge on any atom is -0.493 e. The van der Waals surface area contributed by atoms with Crippen molar-refractivity contribution in [3.8, 4) is 11.5 Å². The van der Waals surface area contributed by atoms with Gasteiger partial charge in [0, 0.05) is 0 Å². The lowest BCUT2D eigenvalue weighted by atomic mass is 9.98. The Morgan fingerprint density at radius 3 is 2.79 bits per heavy atom. The fraction of sp³-hybridized carbons (Fsp3) is 0.310. The van der Waals surface area contributed by atoms with Gasteiger partial charge in [-0.1, -0.05) is 71.7 Å². The van der Waals surface area contributed by atoms with Crippen molar-refractivity contribution in [1.82, 2.24) is 20.1 Å². The number of methoxy groups -OCH3 is 1. The summed E-state index contributed by atoms with van der Waals surface area (Å²) in [5, 5.41) is 12.1. The van der Waals surface area contributed by atoms with Gasteiger partial charge < -0.3 is 9.47 Å². The molecule has 0 radical (unpaired) electrons. The molecule has 0 spiro atoms. The molecule has 4 aromatic rings. The molecule has 1 aliphatic carbocycles. The summed E-state index contributed by atoms with van der Waals surface area (Å²) in [6, 6.07) is 13.6. The Morgan fingerprint density at radius 2 is 1.98 bits per heavy atom. The number of thioether (sulfide) groups is 2. The van der Waals surface area contributed by atoms with Gasteiger partial charge in [0.05, 0.1) is 34.1 Å². The van der Waals surface area contributed by atoms with E-state index in [0.717, 1.165) is 49.7 Å². The number of amides is 2. The predicted molar refractivity (Wildman–Crippen MR) is 178 cm³/mol. The minimum absolute atomic E-state index is 0.200. The molecule has 1 saturated heterocycles. The quantitative estimate of drug-likeness (QED) is 0.108. The first-order valence-corrected chi connectivity index (χ1v) is 17.5. The van der Waals surface area contributed by atoms with Gasteiger partial charge in [-0.15, -0.1) is 21.5 Å². The third-order valence-electron chi connectivity index (χ3n) is 6.81. The maximum Gasteiger partial charge on any atom is 0.266 e. The van der Waals surface area contributed by atoms with Crippen LogP contribution < -0.4 is 14.8 Å². The molecule has 2 aromatic heterocycles. The summed E-state index contributed by atoms with van der Waals surface area (Å²) in [5.41, 5.74) is 1.76. The lowest BCUT2D eigenvalue weighted by Crippen LogP contribution is -2.36. The van der Waals surface area contributed by atoms with Crippen molar-refractivity contribution in [2.24, 2.45) is 0 Å². The van der Waals surface area contributed by atoms with E-state index in [1.54, 1.807) is 36.3 Å². The van der Waals surface area contributed by atoms with Crippen molar-refractivity contribution in [2.45, 2.75) is 48.3 Å². The van der Waals surface area contributed by atoms with Crippen LogP contribution in [0.5, 0.6) is 11.5 Å². The first kappa shape index (κ1) is 30.0. The molecule has 1 N–H and O–H groups in total. The van der Waals surface area contributed by atoms with Crippen LogP contribution in [-0.4, -0.2) is 56.0 Å². The highest BCUT2D eigenvalue weighted by Crippen LogP contribution is 2.36. The van der Waals surface area contributed by atoms with Gasteiger partial charge in [0.1, 0.15) is 15.9 Å². The number of aromatic nitrogens is 3. The fourth-order valence-electron chi connectivity index (χ4n) is 4.72. The molecule has 0 atom stereocenters. The Bertz CT molecular complexity index is 1660. The molecular formula is C29H27N5O4S5. The number of thiazole rings is 1. The lowest BCUT2D eigenvalue weighted by molar-refractivity contribution is -0.126. The second-order valence-corrected chi connectivity index (χ2v) is 14.8. The summed E-state index contributed by atoms with van der Waals surface area (Å²) in [5.74, 6) is 1.18. The molecule has 2 fully saturated rings. The summed E-state index contributed by atoms with van der Waals surface area (Å²) in [4.78, 5) is 32.3. The first-order valence-electron chi connectivity index (χ1n) is 13.7. The number of benzene rings is 2. The Morgan fingerprint density at radius 1 is 1.14 bits per heavy atom. The highest BCUT2D eigenvalue weighted by atomic mass is 32.2. The van der Waals surface area contributed by atoms with E-state index in [1.165, 1.54) is 35.5 Å². The molecule has 6 rings (SSSR count). The number of fused-ring (bicyclic) bond motifs is 1. The fourth-order valence-corrected chi connectivity index (χ4v) is 8.79. The smallest absolute Gasteiger partial charge is 0.266 e. The molecule has 9 nitrogen and oxygen atoms in total. The largest absolute Gasteiger partial charge is 0.493 e. The van der Waals surface area contributed by atoms with Gasteiger partial charge in [0.15, 0.2) is 15.8 Å². The topological polar surface area (TPSA) is 107 Å². The Kier molecular flexibility index (Phi) is 9.58. The number of para-hydroxylation sites is 1. The van der Waals surface area contributed by atoms with E-state index in [9.17, 15) is 9.59 Å². The zero-order valence-corrected chi connectivity index (χ0v) is 27.2. The normalized spacial score (nSPS) is 16.8. The van der Waals surface area contributed by atoms with Crippen LogP contribution in [0.15, 0.2) is 51.7 Å². The number of nitrogens with one attached hydrogen (secondary N) is 1. The van der Waals surface area contributed by atoms with Crippen molar-refractivity contribution >= 4 is 96.0 Å². The molecule has 0 unspecified atom stereocenters. The van der Waals surface area contributed by atoms with Gasteiger partial charge in [-0.2, -0.15) is 0 Å². The third kappa shape index (κ3) is 7.37. The number of carbonyl (C=O) groups is 2. The zero-order chi connectivity index (χ0) is 29.8. The molecule has 3 heterocycles. The van der Waals surface area contributed by atoms with Crippen molar-refractivity contribution in [3.05, 3.63) is 57.9 Å². The highest BCUT2D eigenvalue weighted by molar-refractivity contribution is 8.26. The molecule has 1 saturated carbocycles. The second kappa shape index (κ2) is 13.7. The van der Waals surface area contributed by atoms with Crippen LogP contribution in [0.1, 0.15) is 42.7 Å². The summed E-state index contributed by atoms with van der Waals surface area (Å²) in [6.45, 7) is -0.213. The van der Waals surface area contributed by atoms with E-state index in [0.29, 0.717) is 31.6 Å². The summed E-state index contributed by atoms with van der Waals surface area (Å²) in [6.07, 6.45) is 7.66. The van der Waals surface area contributed by atoms with Gasteiger partial charge in [-0.25, -0.2) is 4.98 Å². The van der Waals surface area contributed by atoms with Crippen molar-refractivity contribution in [3.63, 3.8) is 0 Å². The average Bonchev–Trinajstić information content (AvgIpc) is 3.71. The molecule has 2 aromatic carbocycles. The van der Waals surface area contributed by atoms with Gasteiger partial charge in [0.2, 0.25) is 11.0 Å².